The van der Waals surface area contributed by atoms with Crippen molar-refractivity contribution in [2.24, 2.45) is 0 Å². The van der Waals surface area contributed by atoms with E-state index in [4.69, 9.17) is 9.84 Å². The smallest absolute Gasteiger partial charge is 0.341 e. The number of aryl methyl sites for hydroxylation is 1. The summed E-state index contributed by atoms with van der Waals surface area (Å²) in [7, 11) is 0. The van der Waals surface area contributed by atoms with Crippen molar-refractivity contribution in [3.63, 3.8) is 0 Å². The van der Waals surface area contributed by atoms with Crippen LogP contribution in [-0.4, -0.2) is 40.4 Å². The number of likely N-dealkylation sites (tertiary alicyclic amines) is 1. The maximum absolute atomic E-state index is 12.7. The highest BCUT2D eigenvalue weighted by atomic mass is 16.5. The van der Waals surface area contributed by atoms with Crippen LogP contribution in [0.3, 0.4) is 0 Å². The lowest BCUT2D eigenvalue weighted by Gasteiger charge is -2.24. The van der Waals surface area contributed by atoms with Gasteiger partial charge in [0.1, 0.15) is 11.8 Å². The lowest BCUT2D eigenvalue weighted by Crippen LogP contribution is -2.41. The molecule has 0 spiro atoms. The largest absolute Gasteiger partial charge is 0.482 e. The van der Waals surface area contributed by atoms with E-state index in [-0.39, 0.29) is 11.8 Å². The van der Waals surface area contributed by atoms with Crippen LogP contribution in [0.4, 0.5) is 5.69 Å². The number of nitrogens with one attached hydrogen (secondary N) is 1. The van der Waals surface area contributed by atoms with Crippen LogP contribution < -0.4 is 10.1 Å². The van der Waals surface area contributed by atoms with Crippen LogP contribution in [0.2, 0.25) is 0 Å². The Morgan fingerprint density at radius 2 is 1.82 bits per heavy atom. The zero-order chi connectivity index (χ0) is 20.1. The summed E-state index contributed by atoms with van der Waals surface area (Å²) in [6, 6.07) is 13.8. The van der Waals surface area contributed by atoms with Gasteiger partial charge < -0.3 is 20.1 Å². The Bertz CT molecular complexity index is 861. The number of carbonyl (C=O) groups is 3. The normalized spacial score (nSPS) is 16.1. The Hall–Kier alpha value is -3.35. The molecule has 146 valence electrons. The van der Waals surface area contributed by atoms with E-state index in [1.54, 1.807) is 29.2 Å². The van der Waals surface area contributed by atoms with Gasteiger partial charge >= 0.3 is 5.97 Å². The first-order valence-electron chi connectivity index (χ1n) is 9.03. The standard InChI is InChI=1S/C21H22N2O5/c1-14-2-4-15(5-3-14)12-23-18(10-11-19(23)24)21(27)22-16-6-8-17(9-7-16)28-13-20(25)26/h2-9,18H,10-13H2,1H3,(H,22,27)(H,25,26). The van der Waals surface area contributed by atoms with Crippen LogP contribution in [0.25, 0.3) is 0 Å². The van der Waals surface area contributed by atoms with E-state index in [1.807, 2.05) is 31.2 Å². The third-order valence-electron chi connectivity index (χ3n) is 4.59. The summed E-state index contributed by atoms with van der Waals surface area (Å²) in [5.74, 6) is -0.926. The van der Waals surface area contributed by atoms with E-state index in [1.165, 1.54) is 0 Å². The Morgan fingerprint density at radius 3 is 2.46 bits per heavy atom. The Kier molecular flexibility index (Phi) is 5.93. The first-order chi connectivity index (χ1) is 13.4. The minimum Gasteiger partial charge on any atom is -0.482 e. The van der Waals surface area contributed by atoms with Gasteiger partial charge in [-0.2, -0.15) is 0 Å². The molecule has 1 aliphatic rings. The minimum atomic E-state index is -1.06. The highest BCUT2D eigenvalue weighted by Gasteiger charge is 2.35. The molecule has 1 saturated heterocycles. The van der Waals surface area contributed by atoms with Crippen LogP contribution in [0.15, 0.2) is 48.5 Å². The third-order valence-corrected chi connectivity index (χ3v) is 4.59. The number of aliphatic carboxylic acids is 1. The van der Waals surface area contributed by atoms with Crippen LogP contribution in [0.5, 0.6) is 5.75 Å². The molecule has 7 nitrogen and oxygen atoms in total. The zero-order valence-corrected chi connectivity index (χ0v) is 15.6. The molecule has 1 aliphatic heterocycles. The second-order valence-electron chi connectivity index (χ2n) is 6.76. The van der Waals surface area contributed by atoms with Gasteiger partial charge in [-0.15, -0.1) is 0 Å². The van der Waals surface area contributed by atoms with Crippen molar-refractivity contribution in [2.75, 3.05) is 11.9 Å². The number of amides is 2. The predicted octanol–water partition coefficient (Wildman–Crippen LogP) is 2.59. The predicted molar refractivity (Wildman–Crippen MR) is 103 cm³/mol. The summed E-state index contributed by atoms with van der Waals surface area (Å²) in [6.45, 7) is 1.97. The molecule has 1 unspecified atom stereocenters. The number of anilines is 1. The molecule has 1 heterocycles. The average molecular weight is 382 g/mol. The second-order valence-corrected chi connectivity index (χ2v) is 6.76. The van der Waals surface area contributed by atoms with Crippen LogP contribution in [-0.2, 0) is 20.9 Å². The number of carbonyl (C=O) groups excluding carboxylic acids is 2. The molecule has 3 rings (SSSR count). The van der Waals surface area contributed by atoms with Gasteiger partial charge in [-0.3, -0.25) is 9.59 Å². The summed E-state index contributed by atoms with van der Waals surface area (Å²) < 4.78 is 5.07. The fourth-order valence-electron chi connectivity index (χ4n) is 3.10. The molecule has 2 aromatic carbocycles. The number of hydrogen-bond acceptors (Lipinski definition) is 4. The van der Waals surface area contributed by atoms with Crippen LogP contribution in [0.1, 0.15) is 24.0 Å². The Labute approximate surface area is 162 Å². The molecule has 28 heavy (non-hydrogen) atoms. The molecule has 2 N–H and O–H groups in total. The molecule has 0 radical (unpaired) electrons. The van der Waals surface area contributed by atoms with Gasteiger partial charge in [0, 0.05) is 18.7 Å². The molecular formula is C21H22N2O5. The molecule has 0 aromatic heterocycles. The van der Waals surface area contributed by atoms with E-state index in [0.29, 0.717) is 30.8 Å². The number of nitrogens with zero attached hydrogens (tertiary/aromatic N) is 1. The van der Waals surface area contributed by atoms with Gasteiger partial charge in [-0.1, -0.05) is 29.8 Å². The molecule has 7 heteroatoms. The number of carboxylic acid groups (broad SMARTS) is 1. The van der Waals surface area contributed by atoms with E-state index >= 15 is 0 Å². The first-order valence-corrected chi connectivity index (χ1v) is 9.03. The van der Waals surface area contributed by atoms with Crippen molar-refractivity contribution in [2.45, 2.75) is 32.4 Å². The van der Waals surface area contributed by atoms with Gasteiger partial charge in [0.15, 0.2) is 6.61 Å². The average Bonchev–Trinajstić information content (AvgIpc) is 3.03. The van der Waals surface area contributed by atoms with Gasteiger partial charge in [-0.05, 0) is 43.2 Å². The second kappa shape index (κ2) is 8.56. The lowest BCUT2D eigenvalue weighted by molar-refractivity contribution is -0.139. The van der Waals surface area contributed by atoms with Gasteiger partial charge in [0.25, 0.3) is 0 Å². The number of rotatable bonds is 7. The van der Waals surface area contributed by atoms with E-state index in [0.717, 1.165) is 11.1 Å². The quantitative estimate of drug-likeness (QED) is 0.767. The van der Waals surface area contributed by atoms with Crippen molar-refractivity contribution in [1.82, 2.24) is 4.90 Å². The molecule has 0 bridgehead atoms. The van der Waals surface area contributed by atoms with Crippen LogP contribution >= 0.6 is 0 Å². The molecule has 0 aliphatic carbocycles. The SMILES string of the molecule is Cc1ccc(CN2C(=O)CCC2C(=O)Nc2ccc(OCC(=O)O)cc2)cc1. The Morgan fingerprint density at radius 1 is 1.14 bits per heavy atom. The van der Waals surface area contributed by atoms with Crippen molar-refractivity contribution < 1.29 is 24.2 Å². The molecule has 2 aromatic rings. The van der Waals surface area contributed by atoms with Crippen molar-refractivity contribution in [3.05, 3.63) is 59.7 Å². The molecular weight excluding hydrogens is 360 g/mol. The van der Waals surface area contributed by atoms with Crippen molar-refractivity contribution in [1.29, 1.82) is 0 Å². The zero-order valence-electron chi connectivity index (χ0n) is 15.6. The van der Waals surface area contributed by atoms with Crippen LogP contribution in [0, 0.1) is 6.92 Å². The molecule has 1 atom stereocenters. The third kappa shape index (κ3) is 4.88. The molecule has 1 fully saturated rings. The number of hydrogen-bond donors (Lipinski definition) is 2. The van der Waals surface area contributed by atoms with Gasteiger partial charge in [0.05, 0.1) is 0 Å². The van der Waals surface area contributed by atoms with Crippen molar-refractivity contribution in [3.8, 4) is 5.75 Å². The summed E-state index contributed by atoms with van der Waals surface area (Å²) >= 11 is 0. The minimum absolute atomic E-state index is 0.0295. The summed E-state index contributed by atoms with van der Waals surface area (Å²) in [4.78, 5) is 37.1. The Balaban J connectivity index is 1.62. The maximum atomic E-state index is 12.7. The highest BCUT2D eigenvalue weighted by molar-refractivity contribution is 5.99. The van der Waals surface area contributed by atoms with E-state index in [9.17, 15) is 14.4 Å². The topological polar surface area (TPSA) is 95.9 Å². The molecule has 0 saturated carbocycles. The van der Waals surface area contributed by atoms with E-state index in [2.05, 4.69) is 5.32 Å². The summed E-state index contributed by atoms with van der Waals surface area (Å²) in [5.41, 5.74) is 2.68. The fraction of sp³-hybridized carbons (Fsp3) is 0.286. The fourth-order valence-corrected chi connectivity index (χ4v) is 3.10. The summed E-state index contributed by atoms with van der Waals surface area (Å²) in [5, 5.41) is 11.4. The maximum Gasteiger partial charge on any atom is 0.341 e. The van der Waals surface area contributed by atoms with E-state index < -0.39 is 18.6 Å². The molecule has 2 amide bonds. The number of carboxylic acids is 1. The van der Waals surface area contributed by atoms with Gasteiger partial charge in [0.2, 0.25) is 11.8 Å². The summed E-state index contributed by atoms with van der Waals surface area (Å²) in [6.07, 6.45) is 0.836. The first kappa shape index (κ1) is 19.4. The highest BCUT2D eigenvalue weighted by Crippen LogP contribution is 2.24. The number of benzene rings is 2. The lowest BCUT2D eigenvalue weighted by atomic mass is 10.1. The van der Waals surface area contributed by atoms with Crippen molar-refractivity contribution >= 4 is 23.5 Å². The van der Waals surface area contributed by atoms with Gasteiger partial charge in [-0.25, -0.2) is 4.79 Å². The number of ether oxygens (including phenoxy) is 1. The monoisotopic (exact) mass is 382 g/mol.